The lowest BCUT2D eigenvalue weighted by Crippen LogP contribution is -2.47. The first-order valence-electron chi connectivity index (χ1n) is 11.9. The number of rotatable bonds is 8. The lowest BCUT2D eigenvalue weighted by atomic mass is 9.95. The standard InChI is InChI=1S/C27H29N3O4/c31-25(16-19-17-28-23-12-5-4-11-22(19)23)30(18-21-10-6-14-33-21)26(24-13-7-15-34-24)27(32)29-20-8-2-1-3-9-20/h4-7,10-15,17,20,26,28H,1-3,8-9,16,18H2,(H,29,32)/t26-/m1/s1. The average Bonchev–Trinajstić information content (AvgIpc) is 3.63. The van der Waals surface area contributed by atoms with Gasteiger partial charge in [0.2, 0.25) is 5.91 Å². The summed E-state index contributed by atoms with van der Waals surface area (Å²) in [5.74, 6) is 0.642. The zero-order valence-corrected chi connectivity index (χ0v) is 19.0. The van der Waals surface area contributed by atoms with Crippen molar-refractivity contribution in [3.05, 3.63) is 84.3 Å². The number of carbonyl (C=O) groups excluding carboxylic acids is 2. The zero-order valence-electron chi connectivity index (χ0n) is 19.0. The molecular formula is C27H29N3O4. The van der Waals surface area contributed by atoms with Gasteiger partial charge in [-0.3, -0.25) is 9.59 Å². The molecule has 1 aliphatic rings. The van der Waals surface area contributed by atoms with E-state index in [-0.39, 0.29) is 30.8 Å². The molecule has 0 saturated heterocycles. The van der Waals surface area contributed by atoms with Crippen molar-refractivity contribution in [2.75, 3.05) is 0 Å². The number of benzene rings is 1. The second-order valence-corrected chi connectivity index (χ2v) is 8.90. The van der Waals surface area contributed by atoms with E-state index in [1.165, 1.54) is 12.7 Å². The number of furan rings is 2. The van der Waals surface area contributed by atoms with E-state index in [9.17, 15) is 9.59 Å². The number of H-pyrrole nitrogens is 1. The molecule has 34 heavy (non-hydrogen) atoms. The molecule has 0 bridgehead atoms. The molecule has 0 radical (unpaired) electrons. The molecule has 0 spiro atoms. The predicted molar refractivity (Wildman–Crippen MR) is 128 cm³/mol. The summed E-state index contributed by atoms with van der Waals surface area (Å²) >= 11 is 0. The number of hydrogen-bond donors (Lipinski definition) is 2. The SMILES string of the molecule is O=C(NC1CCCCC1)[C@@H](c1ccco1)N(Cc1ccco1)C(=O)Cc1c[nH]c2ccccc12. The Labute approximate surface area is 198 Å². The Morgan fingerprint density at radius 2 is 1.79 bits per heavy atom. The van der Waals surface area contributed by atoms with Crippen LogP contribution in [0.25, 0.3) is 10.9 Å². The molecule has 4 aromatic rings. The third-order valence-corrected chi connectivity index (χ3v) is 6.57. The first kappa shape index (κ1) is 22.1. The van der Waals surface area contributed by atoms with Gasteiger partial charge >= 0.3 is 0 Å². The highest BCUT2D eigenvalue weighted by Crippen LogP contribution is 2.28. The summed E-state index contributed by atoms with van der Waals surface area (Å²) in [5, 5.41) is 4.18. The molecule has 2 amide bonds. The quantitative estimate of drug-likeness (QED) is 0.383. The maximum absolute atomic E-state index is 13.8. The minimum Gasteiger partial charge on any atom is -0.467 e. The Hall–Kier alpha value is -3.74. The predicted octanol–water partition coefficient (Wildman–Crippen LogP) is 5.12. The lowest BCUT2D eigenvalue weighted by molar-refractivity contribution is -0.142. The summed E-state index contributed by atoms with van der Waals surface area (Å²) < 4.78 is 11.2. The molecule has 3 aromatic heterocycles. The number of aromatic nitrogens is 1. The number of aromatic amines is 1. The molecule has 1 fully saturated rings. The monoisotopic (exact) mass is 459 g/mol. The molecule has 5 rings (SSSR count). The van der Waals surface area contributed by atoms with E-state index in [0.29, 0.717) is 11.5 Å². The van der Waals surface area contributed by atoms with Gasteiger partial charge in [-0.2, -0.15) is 0 Å². The van der Waals surface area contributed by atoms with Gasteiger partial charge in [0, 0.05) is 23.1 Å². The molecule has 0 aliphatic heterocycles. The maximum atomic E-state index is 13.8. The minimum atomic E-state index is -0.889. The summed E-state index contributed by atoms with van der Waals surface area (Å²) in [5.41, 5.74) is 1.86. The second-order valence-electron chi connectivity index (χ2n) is 8.90. The van der Waals surface area contributed by atoms with Crippen molar-refractivity contribution in [2.45, 2.75) is 57.2 Å². The van der Waals surface area contributed by atoms with Crippen LogP contribution in [0.15, 0.2) is 76.1 Å². The van der Waals surface area contributed by atoms with Gasteiger partial charge in [0.05, 0.1) is 25.5 Å². The summed E-state index contributed by atoms with van der Waals surface area (Å²) in [4.78, 5) is 32.2. The fourth-order valence-electron chi connectivity index (χ4n) is 4.83. The fraction of sp³-hybridized carbons (Fsp3) is 0.333. The molecule has 176 valence electrons. The zero-order chi connectivity index (χ0) is 23.3. The van der Waals surface area contributed by atoms with Gasteiger partial charge in [-0.25, -0.2) is 0 Å². The molecule has 1 saturated carbocycles. The van der Waals surface area contributed by atoms with Crippen molar-refractivity contribution < 1.29 is 18.4 Å². The molecule has 3 heterocycles. The topological polar surface area (TPSA) is 91.5 Å². The largest absolute Gasteiger partial charge is 0.467 e. The molecule has 1 atom stereocenters. The van der Waals surface area contributed by atoms with Crippen LogP contribution in [-0.2, 0) is 22.6 Å². The number of fused-ring (bicyclic) bond motifs is 1. The Morgan fingerprint density at radius 3 is 2.56 bits per heavy atom. The minimum absolute atomic E-state index is 0.118. The Morgan fingerprint density at radius 1 is 1.00 bits per heavy atom. The first-order chi connectivity index (χ1) is 16.7. The van der Waals surface area contributed by atoms with Crippen molar-refractivity contribution >= 4 is 22.7 Å². The van der Waals surface area contributed by atoms with E-state index >= 15 is 0 Å². The van der Waals surface area contributed by atoms with Gasteiger partial charge in [0.25, 0.3) is 5.91 Å². The second kappa shape index (κ2) is 10.0. The molecular weight excluding hydrogens is 430 g/mol. The van der Waals surface area contributed by atoms with Gasteiger partial charge in [0.1, 0.15) is 11.5 Å². The van der Waals surface area contributed by atoms with Crippen molar-refractivity contribution in [3.63, 3.8) is 0 Å². The molecule has 1 aromatic carbocycles. The average molecular weight is 460 g/mol. The van der Waals surface area contributed by atoms with E-state index < -0.39 is 6.04 Å². The summed E-state index contributed by atoms with van der Waals surface area (Å²) in [6.45, 7) is 0.164. The van der Waals surface area contributed by atoms with Crippen molar-refractivity contribution in [1.82, 2.24) is 15.2 Å². The maximum Gasteiger partial charge on any atom is 0.250 e. The van der Waals surface area contributed by atoms with Crippen molar-refractivity contribution in [1.29, 1.82) is 0 Å². The smallest absolute Gasteiger partial charge is 0.250 e. The van der Waals surface area contributed by atoms with Crippen molar-refractivity contribution in [3.8, 4) is 0 Å². The Balaban J connectivity index is 1.46. The third-order valence-electron chi connectivity index (χ3n) is 6.57. The summed E-state index contributed by atoms with van der Waals surface area (Å²) in [7, 11) is 0. The summed E-state index contributed by atoms with van der Waals surface area (Å²) in [6, 6.07) is 14.2. The first-order valence-corrected chi connectivity index (χ1v) is 11.9. The molecule has 7 heteroatoms. The number of nitrogens with one attached hydrogen (secondary N) is 2. The van der Waals surface area contributed by atoms with Crippen LogP contribution in [0.5, 0.6) is 0 Å². The number of carbonyl (C=O) groups is 2. The van der Waals surface area contributed by atoms with Gasteiger partial charge in [-0.05, 0) is 48.7 Å². The van der Waals surface area contributed by atoms with Crippen LogP contribution in [-0.4, -0.2) is 27.7 Å². The lowest BCUT2D eigenvalue weighted by Gasteiger charge is -2.31. The Kier molecular flexibility index (Phi) is 6.51. The van der Waals surface area contributed by atoms with E-state index in [2.05, 4.69) is 10.3 Å². The van der Waals surface area contributed by atoms with Crippen LogP contribution < -0.4 is 5.32 Å². The van der Waals surface area contributed by atoms with Gasteiger partial charge in [-0.15, -0.1) is 0 Å². The molecule has 7 nitrogen and oxygen atoms in total. The van der Waals surface area contributed by atoms with Crippen LogP contribution in [0.4, 0.5) is 0 Å². The highest BCUT2D eigenvalue weighted by molar-refractivity contribution is 5.92. The van der Waals surface area contributed by atoms with E-state index in [1.807, 2.05) is 36.5 Å². The van der Waals surface area contributed by atoms with Crippen LogP contribution >= 0.6 is 0 Å². The normalized spacial score (nSPS) is 15.3. The van der Waals surface area contributed by atoms with Crippen LogP contribution in [0.2, 0.25) is 0 Å². The molecule has 0 unspecified atom stereocenters. The number of amides is 2. The van der Waals surface area contributed by atoms with Gasteiger partial charge in [-0.1, -0.05) is 37.5 Å². The highest BCUT2D eigenvalue weighted by Gasteiger charge is 2.35. The van der Waals surface area contributed by atoms with E-state index in [0.717, 1.165) is 42.1 Å². The fourth-order valence-corrected chi connectivity index (χ4v) is 4.83. The van der Waals surface area contributed by atoms with Gasteiger partial charge < -0.3 is 24.0 Å². The van der Waals surface area contributed by atoms with Crippen LogP contribution in [0.1, 0.15) is 55.2 Å². The number of para-hydroxylation sites is 1. The number of hydrogen-bond acceptors (Lipinski definition) is 4. The van der Waals surface area contributed by atoms with Crippen LogP contribution in [0, 0.1) is 0 Å². The Bertz CT molecular complexity index is 1220. The summed E-state index contributed by atoms with van der Waals surface area (Å²) in [6.07, 6.45) is 10.4. The molecule has 2 N–H and O–H groups in total. The van der Waals surface area contributed by atoms with E-state index in [4.69, 9.17) is 8.83 Å². The van der Waals surface area contributed by atoms with Crippen molar-refractivity contribution in [2.24, 2.45) is 0 Å². The molecule has 1 aliphatic carbocycles. The highest BCUT2D eigenvalue weighted by atomic mass is 16.3. The third kappa shape index (κ3) is 4.78. The number of nitrogens with zero attached hydrogens (tertiary/aromatic N) is 1. The van der Waals surface area contributed by atoms with E-state index in [1.54, 1.807) is 29.4 Å². The van der Waals surface area contributed by atoms with Crippen LogP contribution in [0.3, 0.4) is 0 Å². The van der Waals surface area contributed by atoms with Gasteiger partial charge in [0.15, 0.2) is 6.04 Å².